The Morgan fingerprint density at radius 2 is 0.853 bits per heavy atom. The molecule has 0 saturated carbocycles. The van der Waals surface area contributed by atoms with E-state index in [1.165, 1.54) is 14.1 Å². The van der Waals surface area contributed by atoms with Crippen molar-refractivity contribution in [1.82, 2.24) is 0 Å². The van der Waals surface area contributed by atoms with E-state index in [9.17, 15) is 13.2 Å². The topological polar surface area (TPSA) is 80.9 Å². The number of alkyl halides is 3. The predicted octanol–water partition coefficient (Wildman–Crippen LogP) is -9.36. The van der Waals surface area contributed by atoms with Gasteiger partial charge in [0.15, 0.2) is 0 Å². The summed E-state index contributed by atoms with van der Waals surface area (Å²) in [5.41, 5.74) is 0. The maximum Gasteiger partial charge on any atom is 0.221 e. The SMILES string of the molecule is C[N+](C)(C[18F])CCO.C[N+](C)([11CH3])CCO.[2H]C([2H])(O)C([2H])([2H])[N+](C)(C)C[18F].[2H]C([2H])(O)C[N+](C)(C)C[18F].[Cl-].[Cl-].[Cl-]. The van der Waals surface area contributed by atoms with Crippen molar-refractivity contribution in [3.63, 3.8) is 0 Å². The highest BCUT2D eigenvalue weighted by Crippen LogP contribution is 1.95. The van der Waals surface area contributed by atoms with Gasteiger partial charge in [-0.1, -0.05) is 0 Å². The van der Waals surface area contributed by atoms with Crippen molar-refractivity contribution in [2.75, 3.05) is 136 Å². The average molecular weight is 579 g/mol. The smallest absolute Gasteiger partial charge is 0.221 e. The quantitative estimate of drug-likeness (QED) is 0.145. The predicted molar refractivity (Wildman–Crippen MR) is 120 cm³/mol. The first-order valence-corrected chi connectivity index (χ1v) is 9.63. The number of nitrogens with zero attached hydrogens (tertiary/aromatic N) is 4. The largest absolute Gasteiger partial charge is 1.00 e. The fourth-order valence-electron chi connectivity index (χ4n) is 1.03. The van der Waals surface area contributed by atoms with Crippen LogP contribution < -0.4 is 37.2 Å². The molecular weight excluding hydrogens is 520 g/mol. The maximum atomic E-state index is 12.3. The van der Waals surface area contributed by atoms with Gasteiger partial charge in [-0.2, -0.15) is 13.2 Å². The van der Waals surface area contributed by atoms with E-state index in [1.807, 2.05) is 0 Å². The van der Waals surface area contributed by atoms with Gasteiger partial charge < -0.3 is 75.6 Å². The number of hydrogen-bond donors (Lipinski definition) is 4. The lowest BCUT2D eigenvalue weighted by Gasteiger charge is -2.24. The number of hydrogen-bond acceptors (Lipinski definition) is 4. The number of aliphatic hydroxyl groups is 4. The molecule has 0 aliphatic carbocycles. The van der Waals surface area contributed by atoms with Crippen LogP contribution in [0.4, 0.5) is 13.2 Å². The summed E-state index contributed by atoms with van der Waals surface area (Å²) in [6, 6.07) is 0. The fraction of sp³-hybridized carbons (Fsp3) is 1.00. The third kappa shape index (κ3) is 49.5. The molecule has 0 unspecified atom stereocenters. The van der Waals surface area contributed by atoms with Crippen LogP contribution >= 0.6 is 0 Å². The second-order valence-corrected chi connectivity index (χ2v) is 9.64. The molecule has 0 aliphatic heterocycles. The van der Waals surface area contributed by atoms with Gasteiger partial charge in [-0.05, 0) is 0 Å². The van der Waals surface area contributed by atoms with Gasteiger partial charge in [0.25, 0.3) is 0 Å². The zero-order chi connectivity index (χ0) is 31.2. The number of rotatable bonds is 11. The Hall–Kier alpha value is 0.340. The number of aliphatic hydroxyl groups excluding tert-OH is 2. The van der Waals surface area contributed by atoms with Crippen LogP contribution in [0, 0.1) is 0 Å². The molecule has 0 radical (unpaired) electrons. The van der Waals surface area contributed by atoms with Gasteiger partial charge in [-0.15, -0.1) is 0 Å². The Labute approximate surface area is 233 Å². The lowest BCUT2D eigenvalue weighted by molar-refractivity contribution is -0.903. The monoisotopic (exact) mass is 577 g/mol. The van der Waals surface area contributed by atoms with Gasteiger partial charge in [-0.25, -0.2) is 0 Å². The van der Waals surface area contributed by atoms with Crippen LogP contribution in [0.25, 0.3) is 0 Å². The Balaban J connectivity index is -0.0000000722. The molecule has 8 nitrogen and oxygen atoms in total. The molecule has 0 amide bonds. The molecule has 0 fully saturated rings. The van der Waals surface area contributed by atoms with Gasteiger partial charge >= 0.3 is 0 Å². The summed E-state index contributed by atoms with van der Waals surface area (Å²) in [5.74, 6) is 0. The highest BCUT2D eigenvalue weighted by Gasteiger charge is 2.12. The van der Waals surface area contributed by atoms with E-state index in [1.54, 1.807) is 14.1 Å². The third-order valence-electron chi connectivity index (χ3n) is 3.27. The van der Waals surface area contributed by atoms with Crippen LogP contribution in [0.5, 0.6) is 0 Å². The molecule has 0 aromatic heterocycles. The molecule has 0 aromatic carbocycles. The third-order valence-corrected chi connectivity index (χ3v) is 3.27. The van der Waals surface area contributed by atoms with Crippen molar-refractivity contribution in [3.8, 4) is 0 Å². The Kier molecular flexibility index (Phi) is 28.2. The summed E-state index contributed by atoms with van der Waals surface area (Å²) < 4.78 is 77.4. The zero-order valence-electron chi connectivity index (χ0n) is 28.0. The minimum Gasteiger partial charge on any atom is -1.00 e. The van der Waals surface area contributed by atoms with Crippen LogP contribution in [-0.4, -0.2) is 175 Å². The molecule has 0 aromatic rings. The summed E-state index contributed by atoms with van der Waals surface area (Å²) in [7, 11) is 15.0. The number of quaternary nitrogens is 4. The minimum absolute atomic E-state index is 0. The van der Waals surface area contributed by atoms with Crippen LogP contribution in [0.1, 0.15) is 8.22 Å². The second kappa shape index (κ2) is 27.9. The van der Waals surface area contributed by atoms with Crippen molar-refractivity contribution in [3.05, 3.63) is 0 Å². The molecule has 4 N–H and O–H groups in total. The van der Waals surface area contributed by atoms with Gasteiger partial charge in [0, 0.05) is 0 Å². The Bertz CT molecular complexity index is 605. The molecule has 34 heavy (non-hydrogen) atoms. The van der Waals surface area contributed by atoms with E-state index in [0.717, 1.165) is 25.1 Å². The molecule has 0 bridgehead atoms. The highest BCUT2D eigenvalue weighted by atomic mass is 35.5. The van der Waals surface area contributed by atoms with Crippen molar-refractivity contribution < 1.29 is 97.0 Å². The summed E-state index contributed by atoms with van der Waals surface area (Å²) in [6.07, 6.45) is 0. The standard InChI is InChI=1S/3C5H13FNO.C5H14NO.3ClH/c3*1-7(2,5-6)3-4-8;1-6(2,3)4-5-7;;;/h3*8H,3-5H2,1-2H3;7H,4-5H2,1-3H3;3*1H/q4*+1;;;/p-3/i3D2,4D2,6-1;4D2,6-1;6-1;1-1;;;. The van der Waals surface area contributed by atoms with Gasteiger partial charge in [-0.3, -0.25) is 0 Å². The maximum absolute atomic E-state index is 12.3. The van der Waals surface area contributed by atoms with Crippen molar-refractivity contribution in [1.29, 1.82) is 0 Å². The lowest BCUT2D eigenvalue weighted by atomic mass is 10.3. The van der Waals surface area contributed by atoms with Crippen LogP contribution in [0.3, 0.4) is 0 Å². The fourth-order valence-corrected chi connectivity index (χ4v) is 1.03. The van der Waals surface area contributed by atoms with Crippen molar-refractivity contribution in [2.24, 2.45) is 0 Å². The zero-order valence-corrected chi connectivity index (χ0v) is 24.3. The molecular formula is C20H53Cl3F3N4O4+. The molecule has 0 spiro atoms. The van der Waals surface area contributed by atoms with Crippen molar-refractivity contribution in [2.45, 2.75) is 0 Å². The van der Waals surface area contributed by atoms with Gasteiger partial charge in [0.2, 0.25) is 20.4 Å². The number of likely N-dealkylation sites (N-methyl/N-ethyl adjacent to an activating group) is 4. The molecule has 0 heterocycles. The van der Waals surface area contributed by atoms with Crippen LogP contribution in [-0.2, 0) is 0 Å². The van der Waals surface area contributed by atoms with Crippen LogP contribution in [0.2, 0.25) is 0 Å². The first kappa shape index (κ1) is 34.3. The number of halogens is 6. The van der Waals surface area contributed by atoms with E-state index in [4.69, 9.17) is 28.7 Å². The minimum atomic E-state index is -3.05. The highest BCUT2D eigenvalue weighted by molar-refractivity contribution is 4.23. The van der Waals surface area contributed by atoms with E-state index < -0.39 is 44.5 Å². The summed E-state index contributed by atoms with van der Waals surface area (Å²) in [6.45, 7) is -8.77. The molecule has 14 heteroatoms. The van der Waals surface area contributed by atoms with E-state index in [-0.39, 0.29) is 65.9 Å². The summed E-state index contributed by atoms with van der Waals surface area (Å²) in [5, 5.41) is 34.2. The van der Waals surface area contributed by atoms with E-state index >= 15 is 0 Å². The second-order valence-electron chi connectivity index (χ2n) is 9.64. The average Bonchev–Trinajstić information content (AvgIpc) is 2.66. The molecule has 0 aliphatic rings. The van der Waals surface area contributed by atoms with Gasteiger partial charge in [0.05, 0.1) is 98.0 Å². The van der Waals surface area contributed by atoms with Gasteiger partial charge in [0.1, 0.15) is 26.1 Å². The summed E-state index contributed by atoms with van der Waals surface area (Å²) in [4.78, 5) is 0. The normalized spacial score (nSPS) is 14.8. The molecule has 0 atom stereocenters. The Morgan fingerprint density at radius 1 is 0.529 bits per heavy atom. The molecule has 0 saturated heterocycles. The summed E-state index contributed by atoms with van der Waals surface area (Å²) >= 11 is 0. The first-order valence-electron chi connectivity index (χ1n) is 12.6. The first-order chi connectivity index (χ1) is 16.0. The van der Waals surface area contributed by atoms with Crippen molar-refractivity contribution >= 4 is 0 Å². The molecule has 0 rings (SSSR count). The lowest BCUT2D eigenvalue weighted by Crippen LogP contribution is -3.00. The van der Waals surface area contributed by atoms with E-state index in [2.05, 4.69) is 21.1 Å². The van der Waals surface area contributed by atoms with Crippen LogP contribution in [0.15, 0.2) is 0 Å². The Morgan fingerprint density at radius 3 is 0.941 bits per heavy atom. The molecule has 218 valence electrons. The van der Waals surface area contributed by atoms with E-state index in [0.29, 0.717) is 6.54 Å².